The first kappa shape index (κ1) is 14.2. The fraction of sp³-hybridized carbons (Fsp3) is 0.765. The number of likely N-dealkylation sites (tertiary alicyclic amines) is 1. The molecule has 120 valence electrons. The summed E-state index contributed by atoms with van der Waals surface area (Å²) in [6, 6.07) is 0. The van der Waals surface area contributed by atoms with Crippen molar-refractivity contribution in [3.8, 4) is 0 Å². The Hall–Kier alpha value is -1.36. The van der Waals surface area contributed by atoms with Gasteiger partial charge in [0.15, 0.2) is 0 Å². The molecule has 1 aromatic heterocycles. The second-order valence-electron chi connectivity index (χ2n) is 7.41. The van der Waals surface area contributed by atoms with Crippen molar-refractivity contribution in [2.24, 2.45) is 18.4 Å². The van der Waals surface area contributed by atoms with E-state index in [2.05, 4.69) is 21.5 Å². The van der Waals surface area contributed by atoms with Crippen molar-refractivity contribution in [3.05, 3.63) is 18.0 Å². The number of fused-ring (bicyclic) bond motifs is 1. The van der Waals surface area contributed by atoms with Crippen LogP contribution in [0.4, 0.5) is 0 Å². The topological polar surface area (TPSA) is 50.2 Å². The molecule has 5 heteroatoms. The summed E-state index contributed by atoms with van der Waals surface area (Å²) in [7, 11) is 1.96. The Morgan fingerprint density at radius 2 is 2.32 bits per heavy atom. The van der Waals surface area contributed by atoms with E-state index in [1.54, 1.807) is 0 Å². The summed E-state index contributed by atoms with van der Waals surface area (Å²) >= 11 is 0. The molecule has 1 saturated carbocycles. The van der Waals surface area contributed by atoms with Gasteiger partial charge in [-0.2, -0.15) is 5.10 Å². The highest BCUT2D eigenvalue weighted by Crippen LogP contribution is 2.46. The Labute approximate surface area is 132 Å². The number of rotatable bonds is 2. The Morgan fingerprint density at radius 3 is 3.14 bits per heavy atom. The molecule has 22 heavy (non-hydrogen) atoms. The summed E-state index contributed by atoms with van der Waals surface area (Å²) in [6.07, 6.45) is 9.93. The SMILES string of the molecule is Cn1cc(C2CCN(C(=O)[C@@]34CCCC[C@H]3CNC4)C2)cn1. The van der Waals surface area contributed by atoms with Crippen molar-refractivity contribution in [2.45, 2.75) is 38.0 Å². The van der Waals surface area contributed by atoms with E-state index < -0.39 is 0 Å². The minimum absolute atomic E-state index is 0.0952. The maximum absolute atomic E-state index is 13.3. The highest BCUT2D eigenvalue weighted by molar-refractivity contribution is 5.84. The van der Waals surface area contributed by atoms with Crippen LogP contribution in [0.15, 0.2) is 12.4 Å². The second-order valence-corrected chi connectivity index (χ2v) is 7.41. The van der Waals surface area contributed by atoms with E-state index in [-0.39, 0.29) is 5.41 Å². The number of amides is 1. The third kappa shape index (κ3) is 2.18. The molecular weight excluding hydrogens is 276 g/mol. The minimum Gasteiger partial charge on any atom is -0.342 e. The lowest BCUT2D eigenvalue weighted by molar-refractivity contribution is -0.144. The van der Waals surface area contributed by atoms with Crippen LogP contribution in [0.2, 0.25) is 0 Å². The van der Waals surface area contributed by atoms with Crippen molar-refractivity contribution in [3.63, 3.8) is 0 Å². The molecule has 1 unspecified atom stereocenters. The smallest absolute Gasteiger partial charge is 0.230 e. The van der Waals surface area contributed by atoms with Gasteiger partial charge in [0.2, 0.25) is 5.91 Å². The van der Waals surface area contributed by atoms with Gasteiger partial charge in [0, 0.05) is 38.8 Å². The third-order valence-electron chi connectivity index (χ3n) is 6.14. The minimum atomic E-state index is -0.0952. The van der Waals surface area contributed by atoms with E-state index >= 15 is 0 Å². The third-order valence-corrected chi connectivity index (χ3v) is 6.14. The molecular formula is C17H26N4O. The number of carbonyl (C=O) groups excluding carboxylic acids is 1. The van der Waals surface area contributed by atoms with E-state index in [4.69, 9.17) is 0 Å². The van der Waals surface area contributed by atoms with Gasteiger partial charge in [0.25, 0.3) is 0 Å². The standard InChI is InChI=1S/C17H26N4O/c1-20-10-14(8-19-20)13-5-7-21(11-13)16(22)17-6-3-2-4-15(17)9-18-12-17/h8,10,13,15,18H,2-7,9,11-12H2,1H3/t13?,15-,17+/m0/s1. The molecule has 2 aliphatic heterocycles. The van der Waals surface area contributed by atoms with Crippen LogP contribution in [0, 0.1) is 11.3 Å². The van der Waals surface area contributed by atoms with Crippen LogP contribution >= 0.6 is 0 Å². The fourth-order valence-corrected chi connectivity index (χ4v) is 4.85. The van der Waals surface area contributed by atoms with E-state index in [1.807, 2.05) is 17.9 Å². The number of nitrogens with zero attached hydrogens (tertiary/aromatic N) is 3. The maximum atomic E-state index is 13.3. The molecule has 1 aromatic rings. The van der Waals surface area contributed by atoms with Crippen molar-refractivity contribution in [2.75, 3.05) is 26.2 Å². The predicted molar refractivity (Wildman–Crippen MR) is 84.4 cm³/mol. The lowest BCUT2D eigenvalue weighted by atomic mass is 9.67. The van der Waals surface area contributed by atoms with Gasteiger partial charge >= 0.3 is 0 Å². The molecule has 3 aliphatic rings. The molecule has 4 rings (SSSR count). The molecule has 2 saturated heterocycles. The zero-order valence-electron chi connectivity index (χ0n) is 13.4. The van der Waals surface area contributed by atoms with Gasteiger partial charge in [0.05, 0.1) is 11.6 Å². The van der Waals surface area contributed by atoms with Gasteiger partial charge in [-0.1, -0.05) is 12.8 Å². The molecule has 5 nitrogen and oxygen atoms in total. The second kappa shape index (κ2) is 5.37. The molecule has 1 aliphatic carbocycles. The average molecular weight is 302 g/mol. The van der Waals surface area contributed by atoms with Crippen molar-refractivity contribution < 1.29 is 4.79 Å². The first-order chi connectivity index (χ1) is 10.7. The molecule has 0 aromatic carbocycles. The zero-order valence-corrected chi connectivity index (χ0v) is 13.4. The Kier molecular flexibility index (Phi) is 3.48. The van der Waals surface area contributed by atoms with Crippen molar-refractivity contribution in [1.82, 2.24) is 20.0 Å². The predicted octanol–water partition coefficient (Wildman–Crippen LogP) is 1.52. The highest BCUT2D eigenvalue weighted by Gasteiger charge is 2.52. The van der Waals surface area contributed by atoms with Crippen LogP contribution in [0.25, 0.3) is 0 Å². The largest absolute Gasteiger partial charge is 0.342 e. The van der Waals surface area contributed by atoms with Crippen LogP contribution in [0.1, 0.15) is 43.6 Å². The van der Waals surface area contributed by atoms with E-state index in [9.17, 15) is 4.79 Å². The van der Waals surface area contributed by atoms with Crippen molar-refractivity contribution in [1.29, 1.82) is 0 Å². The Morgan fingerprint density at radius 1 is 1.41 bits per heavy atom. The Bertz CT molecular complexity index is 569. The van der Waals surface area contributed by atoms with Gasteiger partial charge < -0.3 is 10.2 Å². The van der Waals surface area contributed by atoms with Crippen LogP contribution in [-0.4, -0.2) is 46.8 Å². The van der Waals surface area contributed by atoms with Crippen molar-refractivity contribution >= 4 is 5.91 Å². The molecule has 3 heterocycles. The normalized spacial score (nSPS) is 34.9. The monoisotopic (exact) mass is 302 g/mol. The van der Waals surface area contributed by atoms with Crippen LogP contribution < -0.4 is 5.32 Å². The number of aryl methyl sites for hydroxylation is 1. The van der Waals surface area contributed by atoms with E-state index in [0.717, 1.165) is 39.0 Å². The van der Waals surface area contributed by atoms with Gasteiger partial charge in [-0.25, -0.2) is 0 Å². The summed E-state index contributed by atoms with van der Waals surface area (Å²) in [4.78, 5) is 15.4. The summed E-state index contributed by atoms with van der Waals surface area (Å²) < 4.78 is 1.86. The van der Waals surface area contributed by atoms with Gasteiger partial charge in [-0.3, -0.25) is 9.48 Å². The molecule has 1 N–H and O–H groups in total. The molecule has 0 spiro atoms. The Balaban J connectivity index is 1.49. The summed E-state index contributed by atoms with van der Waals surface area (Å²) in [5.41, 5.74) is 1.18. The summed E-state index contributed by atoms with van der Waals surface area (Å²) in [5.74, 6) is 1.45. The van der Waals surface area contributed by atoms with E-state index in [0.29, 0.717) is 17.7 Å². The number of hydrogen-bond donors (Lipinski definition) is 1. The lowest BCUT2D eigenvalue weighted by Crippen LogP contribution is -2.49. The number of hydrogen-bond acceptors (Lipinski definition) is 3. The molecule has 3 atom stereocenters. The van der Waals surface area contributed by atoms with Crippen LogP contribution in [-0.2, 0) is 11.8 Å². The molecule has 1 amide bonds. The van der Waals surface area contributed by atoms with Gasteiger partial charge in [-0.15, -0.1) is 0 Å². The number of aromatic nitrogens is 2. The van der Waals surface area contributed by atoms with E-state index in [1.165, 1.54) is 24.8 Å². The number of nitrogens with one attached hydrogen (secondary N) is 1. The molecule has 0 bridgehead atoms. The fourth-order valence-electron chi connectivity index (χ4n) is 4.85. The summed E-state index contributed by atoms with van der Waals surface area (Å²) in [5, 5.41) is 7.77. The molecule has 0 radical (unpaired) electrons. The highest BCUT2D eigenvalue weighted by atomic mass is 16.2. The maximum Gasteiger partial charge on any atom is 0.230 e. The first-order valence-electron chi connectivity index (χ1n) is 8.68. The van der Waals surface area contributed by atoms with Crippen LogP contribution in [0.5, 0.6) is 0 Å². The quantitative estimate of drug-likeness (QED) is 0.901. The van der Waals surface area contributed by atoms with Crippen LogP contribution in [0.3, 0.4) is 0 Å². The van der Waals surface area contributed by atoms with Gasteiger partial charge in [0.1, 0.15) is 0 Å². The zero-order chi connectivity index (χ0) is 15.2. The number of carbonyl (C=O) groups is 1. The first-order valence-corrected chi connectivity index (χ1v) is 8.68. The summed E-state index contributed by atoms with van der Waals surface area (Å²) in [6.45, 7) is 3.71. The lowest BCUT2D eigenvalue weighted by Gasteiger charge is -2.39. The van der Waals surface area contributed by atoms with Gasteiger partial charge in [-0.05, 0) is 37.3 Å². The molecule has 3 fully saturated rings. The average Bonchev–Trinajstić information content (AvgIpc) is 3.25.